The number of para-hydroxylation sites is 1. The summed E-state index contributed by atoms with van der Waals surface area (Å²) < 4.78 is 28.1. The fourth-order valence-corrected chi connectivity index (χ4v) is 6.75. The van der Waals surface area contributed by atoms with Crippen LogP contribution in [0.25, 0.3) is 0 Å². The quantitative estimate of drug-likeness (QED) is 0.734. The zero-order valence-electron chi connectivity index (χ0n) is 17.7. The van der Waals surface area contributed by atoms with E-state index >= 15 is 0 Å². The van der Waals surface area contributed by atoms with Gasteiger partial charge in [-0.2, -0.15) is 0 Å². The van der Waals surface area contributed by atoms with Gasteiger partial charge in [0, 0.05) is 31.2 Å². The Kier molecular flexibility index (Phi) is 5.48. The second kappa shape index (κ2) is 8.28. The number of hydrogen-bond acceptors (Lipinski definition) is 4. The minimum absolute atomic E-state index is 0.0706. The zero-order chi connectivity index (χ0) is 21.4. The molecule has 2 aromatic carbocycles. The molecule has 0 radical (unpaired) electrons. The maximum absolute atomic E-state index is 13.3. The van der Waals surface area contributed by atoms with Crippen molar-refractivity contribution in [3.63, 3.8) is 0 Å². The predicted molar refractivity (Wildman–Crippen MR) is 121 cm³/mol. The van der Waals surface area contributed by atoms with E-state index in [-0.39, 0.29) is 10.8 Å². The first-order valence-electron chi connectivity index (χ1n) is 11.3. The van der Waals surface area contributed by atoms with Crippen LogP contribution in [0.1, 0.15) is 41.6 Å². The lowest BCUT2D eigenvalue weighted by Gasteiger charge is -2.36. The van der Waals surface area contributed by atoms with E-state index in [0.29, 0.717) is 24.6 Å². The van der Waals surface area contributed by atoms with Crippen molar-refractivity contribution in [2.45, 2.75) is 43.0 Å². The van der Waals surface area contributed by atoms with E-state index in [1.807, 2.05) is 29.2 Å². The Morgan fingerprint density at radius 2 is 1.61 bits per heavy atom. The third-order valence-electron chi connectivity index (χ3n) is 6.92. The van der Waals surface area contributed by atoms with Gasteiger partial charge in [0.2, 0.25) is 0 Å². The fourth-order valence-electron chi connectivity index (χ4n) is 5.20. The maximum Gasteiger partial charge on any atom is 0.264 e. The molecule has 0 atom stereocenters. The number of hydrogen-bond donors (Lipinski definition) is 0. The topological polar surface area (TPSA) is 60.9 Å². The average Bonchev–Trinajstić information content (AvgIpc) is 3.49. The summed E-state index contributed by atoms with van der Waals surface area (Å²) in [5.41, 5.74) is 2.23. The van der Waals surface area contributed by atoms with Gasteiger partial charge >= 0.3 is 0 Å². The highest BCUT2D eigenvalue weighted by atomic mass is 32.2. The number of carbonyl (C=O) groups is 1. The molecule has 0 bridgehead atoms. The Balaban J connectivity index is 1.32. The van der Waals surface area contributed by atoms with Crippen LogP contribution in [0.2, 0.25) is 0 Å². The van der Waals surface area contributed by atoms with Crippen LogP contribution in [0, 0.1) is 0 Å². The zero-order valence-corrected chi connectivity index (χ0v) is 18.6. The van der Waals surface area contributed by atoms with Crippen molar-refractivity contribution in [2.75, 3.05) is 37.0 Å². The lowest BCUT2D eigenvalue weighted by molar-refractivity contribution is 0.0644. The number of nitrogens with zero attached hydrogens (tertiary/aromatic N) is 3. The van der Waals surface area contributed by atoms with Gasteiger partial charge < -0.3 is 9.80 Å². The highest BCUT2D eigenvalue weighted by Crippen LogP contribution is 2.33. The van der Waals surface area contributed by atoms with Crippen LogP contribution in [0.5, 0.6) is 0 Å². The van der Waals surface area contributed by atoms with Crippen LogP contribution < -0.4 is 4.31 Å². The van der Waals surface area contributed by atoms with Gasteiger partial charge in [-0.1, -0.05) is 24.3 Å². The molecule has 0 saturated carbocycles. The van der Waals surface area contributed by atoms with Crippen molar-refractivity contribution in [2.24, 2.45) is 0 Å². The Labute approximate surface area is 184 Å². The lowest BCUT2D eigenvalue weighted by Crippen LogP contribution is -2.45. The summed E-state index contributed by atoms with van der Waals surface area (Å²) in [7, 11) is -3.70. The number of piperidine rings is 1. The monoisotopic (exact) mass is 439 g/mol. The normalized spacial score (nSPS) is 20.3. The van der Waals surface area contributed by atoms with Crippen molar-refractivity contribution in [3.8, 4) is 0 Å². The van der Waals surface area contributed by atoms with Crippen LogP contribution >= 0.6 is 0 Å². The van der Waals surface area contributed by atoms with Crippen LogP contribution in [-0.4, -0.2) is 62.9 Å². The van der Waals surface area contributed by atoms with E-state index in [4.69, 9.17) is 0 Å². The predicted octanol–water partition coefficient (Wildman–Crippen LogP) is 3.14. The molecule has 0 unspecified atom stereocenters. The van der Waals surface area contributed by atoms with Crippen molar-refractivity contribution < 1.29 is 13.2 Å². The second-order valence-electron chi connectivity index (χ2n) is 8.75. The molecule has 164 valence electrons. The van der Waals surface area contributed by atoms with Crippen LogP contribution in [0.4, 0.5) is 5.69 Å². The number of benzene rings is 2. The highest BCUT2D eigenvalue weighted by molar-refractivity contribution is 7.92. The molecule has 3 aliphatic rings. The van der Waals surface area contributed by atoms with Gasteiger partial charge in [0.1, 0.15) is 0 Å². The van der Waals surface area contributed by atoms with E-state index in [2.05, 4.69) is 4.90 Å². The van der Waals surface area contributed by atoms with Crippen molar-refractivity contribution in [1.29, 1.82) is 0 Å². The van der Waals surface area contributed by atoms with E-state index in [1.54, 1.807) is 24.3 Å². The highest BCUT2D eigenvalue weighted by Gasteiger charge is 2.32. The Bertz CT molecular complexity index is 1070. The van der Waals surface area contributed by atoms with Gasteiger partial charge in [0.25, 0.3) is 15.9 Å². The Morgan fingerprint density at radius 1 is 0.871 bits per heavy atom. The molecule has 2 saturated heterocycles. The van der Waals surface area contributed by atoms with Crippen LogP contribution in [0.3, 0.4) is 0 Å². The molecular weight excluding hydrogens is 410 g/mol. The summed E-state index contributed by atoms with van der Waals surface area (Å²) in [5.74, 6) is -0.0706. The number of carbonyl (C=O) groups excluding carboxylic acids is 1. The maximum atomic E-state index is 13.3. The number of anilines is 1. The number of amides is 1. The summed E-state index contributed by atoms with van der Waals surface area (Å²) in [6.45, 7) is 4.26. The van der Waals surface area contributed by atoms with Crippen molar-refractivity contribution in [3.05, 3.63) is 59.7 Å². The molecule has 7 heteroatoms. The molecule has 1 amide bonds. The summed E-state index contributed by atoms with van der Waals surface area (Å²) >= 11 is 0. The molecule has 3 heterocycles. The molecule has 0 aromatic heterocycles. The summed E-state index contributed by atoms with van der Waals surface area (Å²) in [4.78, 5) is 17.7. The number of sulfonamides is 1. The fraction of sp³-hybridized carbons (Fsp3) is 0.458. The van der Waals surface area contributed by atoms with Crippen LogP contribution in [0.15, 0.2) is 53.4 Å². The van der Waals surface area contributed by atoms with E-state index in [0.717, 1.165) is 37.2 Å². The molecule has 6 nitrogen and oxygen atoms in total. The van der Waals surface area contributed by atoms with Gasteiger partial charge in [-0.15, -0.1) is 0 Å². The van der Waals surface area contributed by atoms with Crippen molar-refractivity contribution in [1.82, 2.24) is 9.80 Å². The molecule has 31 heavy (non-hydrogen) atoms. The Morgan fingerprint density at radius 3 is 2.39 bits per heavy atom. The summed E-state index contributed by atoms with van der Waals surface area (Å²) in [6.07, 6.45) is 5.26. The molecule has 0 spiro atoms. The molecule has 0 aliphatic carbocycles. The smallest absolute Gasteiger partial charge is 0.264 e. The first-order valence-corrected chi connectivity index (χ1v) is 12.7. The molecule has 0 N–H and O–H groups in total. The van der Waals surface area contributed by atoms with Gasteiger partial charge in [0.05, 0.1) is 10.6 Å². The van der Waals surface area contributed by atoms with E-state index in [9.17, 15) is 13.2 Å². The molecule has 2 fully saturated rings. The SMILES string of the molecule is O=C(c1cccc(S(=O)(=O)N2CCc3ccccc32)c1)N1CCC(N2CCCC2)CC1. The lowest BCUT2D eigenvalue weighted by atomic mass is 10.0. The molecule has 5 rings (SSSR count). The standard InChI is InChI=1S/C24H29N3O3S/c28-24(26-15-11-21(12-16-26)25-13-3-4-14-25)20-7-5-8-22(18-20)31(29,30)27-17-10-19-6-1-2-9-23(19)27/h1-2,5-9,18,21H,3-4,10-17H2. The number of likely N-dealkylation sites (tertiary alicyclic amines) is 2. The first-order chi connectivity index (χ1) is 15.0. The van der Waals surface area contributed by atoms with Crippen LogP contribution in [-0.2, 0) is 16.4 Å². The minimum Gasteiger partial charge on any atom is -0.339 e. The van der Waals surface area contributed by atoms with E-state index < -0.39 is 10.0 Å². The summed E-state index contributed by atoms with van der Waals surface area (Å²) in [6, 6.07) is 14.7. The first kappa shape index (κ1) is 20.5. The van der Waals surface area contributed by atoms with Gasteiger partial charge in [-0.05, 0) is 75.0 Å². The number of rotatable bonds is 4. The minimum atomic E-state index is -3.70. The molecule has 2 aromatic rings. The van der Waals surface area contributed by atoms with Gasteiger partial charge in [-0.25, -0.2) is 8.42 Å². The molecule has 3 aliphatic heterocycles. The second-order valence-corrected chi connectivity index (χ2v) is 10.6. The Hall–Kier alpha value is -2.38. The average molecular weight is 440 g/mol. The molecular formula is C24H29N3O3S. The largest absolute Gasteiger partial charge is 0.339 e. The third kappa shape index (κ3) is 3.85. The van der Waals surface area contributed by atoms with Gasteiger partial charge in [-0.3, -0.25) is 9.10 Å². The summed E-state index contributed by atoms with van der Waals surface area (Å²) in [5, 5.41) is 0. The van der Waals surface area contributed by atoms with E-state index in [1.165, 1.54) is 30.2 Å². The van der Waals surface area contributed by atoms with Gasteiger partial charge in [0.15, 0.2) is 0 Å². The number of fused-ring (bicyclic) bond motifs is 1. The third-order valence-corrected chi connectivity index (χ3v) is 8.73. The van der Waals surface area contributed by atoms with Crippen molar-refractivity contribution >= 4 is 21.6 Å².